The molecular weight excluding hydrogens is 212 g/mol. The Kier molecular flexibility index (Phi) is 4.02. The van der Waals surface area contributed by atoms with Gasteiger partial charge in [-0.25, -0.2) is 0 Å². The van der Waals surface area contributed by atoms with Crippen LogP contribution in [0.4, 0.5) is 0 Å². The van der Waals surface area contributed by atoms with Gasteiger partial charge in [0.1, 0.15) is 11.5 Å². The molecule has 0 atom stereocenters. The lowest BCUT2D eigenvalue weighted by Gasteiger charge is -2.17. The van der Waals surface area contributed by atoms with Gasteiger partial charge in [0.25, 0.3) is 0 Å². The maximum Gasteiger partial charge on any atom is 0.118 e. The largest absolute Gasteiger partial charge is 0.465 e. The van der Waals surface area contributed by atoms with Crippen LogP contribution in [-0.4, -0.2) is 31.1 Å². The minimum absolute atomic E-state index is 0.754. The van der Waals surface area contributed by atoms with Gasteiger partial charge in [-0.15, -0.1) is 0 Å². The van der Waals surface area contributed by atoms with Crippen LogP contribution >= 0.6 is 0 Å². The summed E-state index contributed by atoms with van der Waals surface area (Å²) in [5, 5.41) is 3.48. The fraction of sp³-hybridized carbons (Fsp3) is 0.571. The first-order chi connectivity index (χ1) is 8.13. The molecule has 3 nitrogen and oxygen atoms in total. The SMILES string of the molecule is C=C(CNC1CC1)CN(C)Cc1ccc(C)o1. The highest BCUT2D eigenvalue weighted by atomic mass is 16.3. The first-order valence-corrected chi connectivity index (χ1v) is 6.27. The van der Waals surface area contributed by atoms with E-state index in [1.807, 2.05) is 19.1 Å². The zero-order chi connectivity index (χ0) is 12.3. The summed E-state index contributed by atoms with van der Waals surface area (Å²) >= 11 is 0. The maximum absolute atomic E-state index is 5.56. The van der Waals surface area contributed by atoms with Crippen LogP contribution in [0.3, 0.4) is 0 Å². The third kappa shape index (κ3) is 4.36. The van der Waals surface area contributed by atoms with Crippen molar-refractivity contribution in [3.8, 4) is 0 Å². The number of hydrogen-bond donors (Lipinski definition) is 1. The Morgan fingerprint density at radius 2 is 2.29 bits per heavy atom. The molecule has 1 aromatic rings. The van der Waals surface area contributed by atoms with Gasteiger partial charge in [-0.05, 0) is 44.5 Å². The topological polar surface area (TPSA) is 28.4 Å². The summed E-state index contributed by atoms with van der Waals surface area (Å²) in [6.45, 7) is 8.78. The minimum atomic E-state index is 0.754. The third-order valence-electron chi connectivity index (χ3n) is 2.93. The van der Waals surface area contributed by atoms with Crippen molar-refractivity contribution < 1.29 is 4.42 Å². The zero-order valence-corrected chi connectivity index (χ0v) is 10.8. The van der Waals surface area contributed by atoms with Gasteiger partial charge in [-0.3, -0.25) is 4.90 Å². The van der Waals surface area contributed by atoms with Crippen LogP contribution in [0.1, 0.15) is 24.4 Å². The van der Waals surface area contributed by atoms with Crippen LogP contribution in [0.15, 0.2) is 28.7 Å². The van der Waals surface area contributed by atoms with Crippen LogP contribution in [0.2, 0.25) is 0 Å². The second-order valence-electron chi connectivity index (χ2n) is 5.09. The standard InChI is InChI=1S/C14H22N2O/c1-11(8-15-13-5-6-13)9-16(3)10-14-7-4-12(2)17-14/h4,7,13,15H,1,5-6,8-10H2,2-3H3. The van der Waals surface area contributed by atoms with Crippen molar-refractivity contribution in [2.24, 2.45) is 0 Å². The fourth-order valence-electron chi connectivity index (χ4n) is 1.91. The molecule has 0 amide bonds. The average molecular weight is 234 g/mol. The lowest BCUT2D eigenvalue weighted by molar-refractivity contribution is 0.311. The maximum atomic E-state index is 5.56. The second-order valence-corrected chi connectivity index (χ2v) is 5.09. The van der Waals surface area contributed by atoms with E-state index >= 15 is 0 Å². The van der Waals surface area contributed by atoms with E-state index in [-0.39, 0.29) is 0 Å². The minimum Gasteiger partial charge on any atom is -0.465 e. The number of nitrogens with one attached hydrogen (secondary N) is 1. The summed E-state index contributed by atoms with van der Waals surface area (Å²) in [5.41, 5.74) is 1.24. The van der Waals surface area contributed by atoms with E-state index in [0.29, 0.717) is 0 Å². The van der Waals surface area contributed by atoms with E-state index in [4.69, 9.17) is 4.42 Å². The van der Waals surface area contributed by atoms with Gasteiger partial charge >= 0.3 is 0 Å². The molecule has 0 aromatic carbocycles. The Hall–Kier alpha value is -1.06. The number of aryl methyl sites for hydroxylation is 1. The van der Waals surface area contributed by atoms with Gasteiger partial charge in [-0.2, -0.15) is 0 Å². The van der Waals surface area contributed by atoms with Gasteiger partial charge in [0.15, 0.2) is 0 Å². The first kappa shape index (κ1) is 12.4. The Morgan fingerprint density at radius 1 is 1.53 bits per heavy atom. The smallest absolute Gasteiger partial charge is 0.118 e. The molecule has 0 aliphatic heterocycles. The highest BCUT2D eigenvalue weighted by Crippen LogP contribution is 2.18. The molecule has 1 fully saturated rings. The van der Waals surface area contributed by atoms with E-state index in [0.717, 1.165) is 37.2 Å². The summed E-state index contributed by atoms with van der Waals surface area (Å²) in [6, 6.07) is 4.80. The van der Waals surface area contributed by atoms with Crippen LogP contribution in [-0.2, 0) is 6.54 Å². The van der Waals surface area contributed by atoms with Gasteiger partial charge in [-0.1, -0.05) is 6.58 Å². The predicted octanol–water partition coefficient (Wildman–Crippen LogP) is 2.33. The Bertz CT molecular complexity index is 379. The third-order valence-corrected chi connectivity index (χ3v) is 2.93. The highest BCUT2D eigenvalue weighted by Gasteiger charge is 2.20. The molecule has 1 saturated carbocycles. The highest BCUT2D eigenvalue weighted by molar-refractivity contribution is 5.07. The van der Waals surface area contributed by atoms with E-state index in [1.54, 1.807) is 0 Å². The summed E-state index contributed by atoms with van der Waals surface area (Å²) in [4.78, 5) is 2.23. The monoisotopic (exact) mass is 234 g/mol. The fourth-order valence-corrected chi connectivity index (χ4v) is 1.91. The van der Waals surface area contributed by atoms with Gasteiger partial charge in [0, 0.05) is 19.1 Å². The lowest BCUT2D eigenvalue weighted by atomic mass is 10.2. The molecule has 0 spiro atoms. The Balaban J connectivity index is 1.68. The van der Waals surface area contributed by atoms with Gasteiger partial charge in [0.05, 0.1) is 6.54 Å². The Labute approximate surface area is 103 Å². The van der Waals surface area contributed by atoms with Crippen molar-refractivity contribution in [3.05, 3.63) is 35.8 Å². The van der Waals surface area contributed by atoms with E-state index < -0.39 is 0 Å². The van der Waals surface area contributed by atoms with E-state index in [2.05, 4.69) is 23.8 Å². The molecule has 1 aliphatic rings. The Morgan fingerprint density at radius 3 is 2.88 bits per heavy atom. The van der Waals surface area contributed by atoms with Crippen molar-refractivity contribution in [2.45, 2.75) is 32.4 Å². The summed E-state index contributed by atoms with van der Waals surface area (Å²) < 4.78 is 5.56. The molecule has 17 heavy (non-hydrogen) atoms. The number of likely N-dealkylation sites (N-methyl/N-ethyl adjacent to an activating group) is 1. The molecule has 1 aromatic heterocycles. The molecule has 3 heteroatoms. The van der Waals surface area contributed by atoms with Crippen molar-refractivity contribution >= 4 is 0 Å². The number of rotatable bonds is 7. The molecule has 2 rings (SSSR count). The number of furan rings is 1. The van der Waals surface area contributed by atoms with Crippen molar-refractivity contribution in [3.63, 3.8) is 0 Å². The zero-order valence-electron chi connectivity index (χ0n) is 10.8. The van der Waals surface area contributed by atoms with Crippen LogP contribution in [0.5, 0.6) is 0 Å². The molecule has 0 saturated heterocycles. The average Bonchev–Trinajstić information content (AvgIpc) is 3.00. The van der Waals surface area contributed by atoms with Crippen molar-refractivity contribution in [2.75, 3.05) is 20.1 Å². The summed E-state index contributed by atoms with van der Waals surface area (Å²) in [6.07, 6.45) is 2.66. The van der Waals surface area contributed by atoms with Crippen molar-refractivity contribution in [1.29, 1.82) is 0 Å². The van der Waals surface area contributed by atoms with Crippen LogP contribution in [0, 0.1) is 6.92 Å². The number of nitrogens with zero attached hydrogens (tertiary/aromatic N) is 1. The van der Waals surface area contributed by atoms with E-state index in [9.17, 15) is 0 Å². The van der Waals surface area contributed by atoms with Gasteiger partial charge < -0.3 is 9.73 Å². The quantitative estimate of drug-likeness (QED) is 0.734. The number of hydrogen-bond acceptors (Lipinski definition) is 3. The molecule has 1 heterocycles. The molecule has 94 valence electrons. The lowest BCUT2D eigenvalue weighted by Crippen LogP contribution is -2.26. The molecule has 0 bridgehead atoms. The predicted molar refractivity (Wildman–Crippen MR) is 69.9 cm³/mol. The molecule has 1 aliphatic carbocycles. The molecule has 0 radical (unpaired) electrons. The van der Waals surface area contributed by atoms with Crippen molar-refractivity contribution in [1.82, 2.24) is 10.2 Å². The molecule has 0 unspecified atom stereocenters. The summed E-state index contributed by atoms with van der Waals surface area (Å²) in [5.74, 6) is 2.00. The second kappa shape index (κ2) is 5.52. The molecule has 1 N–H and O–H groups in total. The van der Waals surface area contributed by atoms with Gasteiger partial charge in [0.2, 0.25) is 0 Å². The summed E-state index contributed by atoms with van der Waals surface area (Å²) in [7, 11) is 2.10. The van der Waals surface area contributed by atoms with Crippen LogP contribution in [0.25, 0.3) is 0 Å². The van der Waals surface area contributed by atoms with E-state index in [1.165, 1.54) is 18.4 Å². The normalized spacial score (nSPS) is 15.5. The van der Waals surface area contributed by atoms with Crippen LogP contribution < -0.4 is 5.32 Å². The first-order valence-electron chi connectivity index (χ1n) is 6.27. The molecular formula is C14H22N2O.